The van der Waals surface area contributed by atoms with Gasteiger partial charge in [-0.1, -0.05) is 47.9 Å². The minimum Gasteiger partial charge on any atom is -0.486 e. The monoisotopic (exact) mass is 368 g/mol. The third-order valence-corrected chi connectivity index (χ3v) is 4.73. The van der Waals surface area contributed by atoms with Crippen molar-refractivity contribution in [2.24, 2.45) is 0 Å². The van der Waals surface area contributed by atoms with Crippen LogP contribution in [0.1, 0.15) is 42.9 Å². The minimum atomic E-state index is 0.0446. The molecule has 0 aliphatic carbocycles. The van der Waals surface area contributed by atoms with Gasteiger partial charge in [0.25, 0.3) is 0 Å². The van der Waals surface area contributed by atoms with E-state index in [9.17, 15) is 0 Å². The standard InChI is InChI=1S/C22H25ClN2O/c1-18-6-12-21(13-7-18)26-22(19-8-10-20(23)11-9-19)5-3-2-4-15-25-16-14-24-17-25/h6-14,16-17,22H,2-5,15H2,1H3/t22-/m1/s1. The van der Waals surface area contributed by atoms with Crippen molar-refractivity contribution in [3.05, 3.63) is 83.4 Å². The molecule has 0 unspecified atom stereocenters. The second-order valence-electron chi connectivity index (χ2n) is 6.62. The highest BCUT2D eigenvalue weighted by Crippen LogP contribution is 2.28. The fraction of sp³-hybridized carbons (Fsp3) is 0.318. The topological polar surface area (TPSA) is 27.1 Å². The van der Waals surface area contributed by atoms with Gasteiger partial charge in [-0.05, 0) is 56.0 Å². The summed E-state index contributed by atoms with van der Waals surface area (Å²) in [5.74, 6) is 0.911. The van der Waals surface area contributed by atoms with Crippen LogP contribution >= 0.6 is 11.6 Å². The van der Waals surface area contributed by atoms with Crippen LogP contribution in [0.4, 0.5) is 0 Å². The molecule has 3 rings (SSSR count). The number of aryl methyl sites for hydroxylation is 2. The first kappa shape index (κ1) is 18.5. The quantitative estimate of drug-likeness (QED) is 0.419. The Hall–Kier alpha value is -2.26. The van der Waals surface area contributed by atoms with Crippen molar-refractivity contribution >= 4 is 11.6 Å². The number of rotatable bonds is 9. The molecule has 0 aliphatic rings. The molecule has 1 atom stereocenters. The zero-order chi connectivity index (χ0) is 18.2. The van der Waals surface area contributed by atoms with Crippen LogP contribution in [0.25, 0.3) is 0 Å². The summed E-state index contributed by atoms with van der Waals surface area (Å²) in [6.07, 6.45) is 10.2. The van der Waals surface area contributed by atoms with Gasteiger partial charge in [0.1, 0.15) is 11.9 Å². The van der Waals surface area contributed by atoms with Gasteiger partial charge in [0.05, 0.1) is 6.33 Å². The van der Waals surface area contributed by atoms with E-state index in [4.69, 9.17) is 16.3 Å². The number of halogens is 1. The van der Waals surface area contributed by atoms with Crippen LogP contribution in [-0.4, -0.2) is 9.55 Å². The molecule has 3 nitrogen and oxygen atoms in total. The van der Waals surface area contributed by atoms with Gasteiger partial charge in [0, 0.05) is 24.0 Å². The second kappa shape index (κ2) is 9.44. The summed E-state index contributed by atoms with van der Waals surface area (Å²) in [7, 11) is 0. The molecule has 0 radical (unpaired) electrons. The molecule has 2 aromatic carbocycles. The molecule has 4 heteroatoms. The number of imidazole rings is 1. The number of hydrogen-bond acceptors (Lipinski definition) is 2. The van der Waals surface area contributed by atoms with Crippen molar-refractivity contribution in [2.45, 2.75) is 45.3 Å². The highest BCUT2D eigenvalue weighted by atomic mass is 35.5. The number of unbranched alkanes of at least 4 members (excludes halogenated alkanes) is 2. The Morgan fingerprint density at radius 2 is 1.77 bits per heavy atom. The number of aromatic nitrogens is 2. The van der Waals surface area contributed by atoms with Gasteiger partial charge in [-0.2, -0.15) is 0 Å². The third kappa shape index (κ3) is 5.63. The third-order valence-electron chi connectivity index (χ3n) is 4.48. The van der Waals surface area contributed by atoms with Gasteiger partial charge in [-0.15, -0.1) is 0 Å². The number of hydrogen-bond donors (Lipinski definition) is 0. The Balaban J connectivity index is 1.57. The molecular weight excluding hydrogens is 344 g/mol. The van der Waals surface area contributed by atoms with Crippen LogP contribution in [0, 0.1) is 6.92 Å². The molecule has 26 heavy (non-hydrogen) atoms. The molecule has 1 heterocycles. The molecule has 0 N–H and O–H groups in total. The Morgan fingerprint density at radius 1 is 1.00 bits per heavy atom. The molecule has 0 saturated heterocycles. The molecule has 0 saturated carbocycles. The van der Waals surface area contributed by atoms with E-state index < -0.39 is 0 Å². The lowest BCUT2D eigenvalue weighted by atomic mass is 10.0. The Labute approximate surface area is 160 Å². The number of benzene rings is 2. The smallest absolute Gasteiger partial charge is 0.124 e. The van der Waals surface area contributed by atoms with Crippen LogP contribution < -0.4 is 4.74 Å². The summed E-state index contributed by atoms with van der Waals surface area (Å²) >= 11 is 6.04. The predicted octanol–water partition coefficient (Wildman–Crippen LogP) is 6.23. The summed E-state index contributed by atoms with van der Waals surface area (Å²) in [6.45, 7) is 3.10. The largest absolute Gasteiger partial charge is 0.486 e. The Morgan fingerprint density at radius 3 is 2.46 bits per heavy atom. The van der Waals surface area contributed by atoms with E-state index in [1.165, 1.54) is 17.5 Å². The first-order valence-electron chi connectivity index (χ1n) is 9.15. The van der Waals surface area contributed by atoms with E-state index in [2.05, 4.69) is 40.7 Å². The summed E-state index contributed by atoms with van der Waals surface area (Å²) in [6, 6.07) is 16.2. The molecule has 0 amide bonds. The zero-order valence-electron chi connectivity index (χ0n) is 15.1. The maximum Gasteiger partial charge on any atom is 0.124 e. The van der Waals surface area contributed by atoms with Crippen LogP contribution in [-0.2, 0) is 6.54 Å². The lowest BCUT2D eigenvalue weighted by Gasteiger charge is -2.20. The molecule has 1 aromatic heterocycles. The lowest BCUT2D eigenvalue weighted by Crippen LogP contribution is -2.08. The van der Waals surface area contributed by atoms with Crippen molar-refractivity contribution in [3.63, 3.8) is 0 Å². The van der Waals surface area contributed by atoms with Gasteiger partial charge < -0.3 is 9.30 Å². The average Bonchev–Trinajstić information content (AvgIpc) is 3.16. The van der Waals surface area contributed by atoms with E-state index in [1.807, 2.05) is 43.0 Å². The average molecular weight is 369 g/mol. The fourth-order valence-electron chi connectivity index (χ4n) is 2.97. The van der Waals surface area contributed by atoms with Crippen molar-refractivity contribution in [3.8, 4) is 5.75 Å². The van der Waals surface area contributed by atoms with Crippen molar-refractivity contribution in [2.75, 3.05) is 0 Å². The van der Waals surface area contributed by atoms with Crippen molar-refractivity contribution in [1.82, 2.24) is 9.55 Å². The lowest BCUT2D eigenvalue weighted by molar-refractivity contribution is 0.190. The number of ether oxygens (including phenoxy) is 1. The summed E-state index contributed by atoms with van der Waals surface area (Å²) in [5, 5.41) is 0.753. The molecule has 3 aromatic rings. The molecule has 0 fully saturated rings. The first-order valence-corrected chi connectivity index (χ1v) is 9.53. The van der Waals surface area contributed by atoms with E-state index >= 15 is 0 Å². The molecule has 0 spiro atoms. The summed E-state index contributed by atoms with van der Waals surface area (Å²) in [4.78, 5) is 4.08. The van der Waals surface area contributed by atoms with Gasteiger partial charge in [-0.3, -0.25) is 0 Å². The number of nitrogens with zero attached hydrogens (tertiary/aromatic N) is 2. The Kier molecular flexibility index (Phi) is 6.73. The highest BCUT2D eigenvalue weighted by Gasteiger charge is 2.13. The maximum atomic E-state index is 6.29. The second-order valence-corrected chi connectivity index (χ2v) is 7.06. The van der Waals surface area contributed by atoms with Crippen LogP contribution in [0.2, 0.25) is 5.02 Å². The van der Waals surface area contributed by atoms with Crippen molar-refractivity contribution < 1.29 is 4.74 Å². The summed E-state index contributed by atoms with van der Waals surface area (Å²) in [5.41, 5.74) is 2.41. The molecule has 0 aliphatic heterocycles. The van der Waals surface area contributed by atoms with Crippen molar-refractivity contribution in [1.29, 1.82) is 0 Å². The van der Waals surface area contributed by atoms with Crippen LogP contribution in [0.15, 0.2) is 67.3 Å². The highest BCUT2D eigenvalue weighted by molar-refractivity contribution is 6.30. The van der Waals surface area contributed by atoms with Gasteiger partial charge >= 0.3 is 0 Å². The van der Waals surface area contributed by atoms with E-state index in [-0.39, 0.29) is 6.10 Å². The minimum absolute atomic E-state index is 0.0446. The summed E-state index contributed by atoms with van der Waals surface area (Å²) < 4.78 is 8.41. The van der Waals surface area contributed by atoms with Crippen LogP contribution in [0.5, 0.6) is 5.75 Å². The van der Waals surface area contributed by atoms with Gasteiger partial charge in [0.15, 0.2) is 0 Å². The van der Waals surface area contributed by atoms with Crippen LogP contribution in [0.3, 0.4) is 0 Å². The fourth-order valence-corrected chi connectivity index (χ4v) is 3.10. The normalized spacial score (nSPS) is 12.1. The Bertz CT molecular complexity index is 767. The molecule has 0 bridgehead atoms. The van der Waals surface area contributed by atoms with Gasteiger partial charge in [-0.25, -0.2) is 4.98 Å². The SMILES string of the molecule is Cc1ccc(O[C@H](CCCCCn2ccnc2)c2ccc(Cl)cc2)cc1. The zero-order valence-corrected chi connectivity index (χ0v) is 15.9. The predicted molar refractivity (Wildman–Crippen MR) is 107 cm³/mol. The molecular formula is C22H25ClN2O. The van der Waals surface area contributed by atoms with E-state index in [0.29, 0.717) is 0 Å². The first-order chi connectivity index (χ1) is 12.7. The maximum absolute atomic E-state index is 6.29. The van der Waals surface area contributed by atoms with E-state index in [0.717, 1.165) is 36.6 Å². The molecule has 136 valence electrons. The van der Waals surface area contributed by atoms with E-state index in [1.54, 1.807) is 0 Å². The van der Waals surface area contributed by atoms with Gasteiger partial charge in [0.2, 0.25) is 0 Å².